The van der Waals surface area contributed by atoms with Gasteiger partial charge < -0.3 is 28.7 Å². The van der Waals surface area contributed by atoms with Crippen LogP contribution in [0.2, 0.25) is 0 Å². The molecular weight excluding hydrogens is 428 g/mol. The molecule has 2 aromatic rings. The van der Waals surface area contributed by atoms with Gasteiger partial charge in [-0.2, -0.15) is 0 Å². The summed E-state index contributed by atoms with van der Waals surface area (Å²) in [7, 11) is 5.28. The van der Waals surface area contributed by atoms with Gasteiger partial charge in [-0.1, -0.05) is 24.3 Å². The molecule has 3 rings (SSSR count). The van der Waals surface area contributed by atoms with Crippen LogP contribution in [0.5, 0.6) is 0 Å². The van der Waals surface area contributed by atoms with Crippen LogP contribution in [0.25, 0.3) is 0 Å². The Kier molecular flexibility index (Phi) is 10.2. The maximum Gasteiger partial charge on any atom is 0.0984 e. The van der Waals surface area contributed by atoms with Crippen LogP contribution in [0.3, 0.4) is 0 Å². The normalized spacial score (nSPS) is 17.8. The number of rotatable bonds is 15. The summed E-state index contributed by atoms with van der Waals surface area (Å²) in [5, 5.41) is 0. The second-order valence-electron chi connectivity index (χ2n) is 9.41. The van der Waals surface area contributed by atoms with Gasteiger partial charge in [-0.25, -0.2) is 0 Å². The van der Waals surface area contributed by atoms with E-state index in [0.29, 0.717) is 6.10 Å². The quantitative estimate of drug-likeness (QED) is 0.360. The number of hydrogen-bond acceptors (Lipinski definition) is 6. The summed E-state index contributed by atoms with van der Waals surface area (Å²) in [5.74, 6) is 0. The van der Waals surface area contributed by atoms with E-state index in [-0.39, 0.29) is 18.3 Å². The summed E-state index contributed by atoms with van der Waals surface area (Å²) in [4.78, 5) is 4.70. The first kappa shape index (κ1) is 26.5. The molecule has 188 valence electrons. The molecule has 0 spiro atoms. The highest BCUT2D eigenvalue weighted by atomic mass is 16.6. The SMILES string of the molecule is COC(C)CN(CC(C)OC)c1ccc(Cc2ccc(N(CC(C)OC)CC3CO3)cc2)cc1. The maximum absolute atomic E-state index is 5.50. The summed E-state index contributed by atoms with van der Waals surface area (Å²) < 4.78 is 21.9. The van der Waals surface area contributed by atoms with Crippen molar-refractivity contribution in [3.8, 4) is 0 Å². The van der Waals surface area contributed by atoms with Gasteiger partial charge in [-0.3, -0.25) is 0 Å². The summed E-state index contributed by atoms with van der Waals surface area (Å²) in [6, 6.07) is 17.8. The molecule has 34 heavy (non-hydrogen) atoms. The first-order chi connectivity index (χ1) is 16.4. The molecule has 4 unspecified atom stereocenters. The van der Waals surface area contributed by atoms with Crippen LogP contribution in [0.15, 0.2) is 48.5 Å². The third-order valence-corrected chi connectivity index (χ3v) is 6.48. The fraction of sp³-hybridized carbons (Fsp3) is 0.571. The van der Waals surface area contributed by atoms with Gasteiger partial charge in [0.1, 0.15) is 0 Å². The molecule has 1 aliphatic rings. The molecule has 6 heteroatoms. The molecule has 0 radical (unpaired) electrons. The average molecular weight is 471 g/mol. The lowest BCUT2D eigenvalue weighted by Crippen LogP contribution is -2.37. The fourth-order valence-electron chi connectivity index (χ4n) is 4.03. The molecule has 0 N–H and O–H groups in total. The van der Waals surface area contributed by atoms with Crippen molar-refractivity contribution in [3.05, 3.63) is 59.7 Å². The summed E-state index contributed by atoms with van der Waals surface area (Å²) in [6.45, 7) is 10.6. The van der Waals surface area contributed by atoms with Crippen molar-refractivity contribution in [3.63, 3.8) is 0 Å². The molecule has 4 atom stereocenters. The van der Waals surface area contributed by atoms with Gasteiger partial charge in [-0.15, -0.1) is 0 Å². The third kappa shape index (κ3) is 8.27. The van der Waals surface area contributed by atoms with Crippen LogP contribution in [-0.4, -0.2) is 78.5 Å². The monoisotopic (exact) mass is 470 g/mol. The van der Waals surface area contributed by atoms with Gasteiger partial charge in [0.15, 0.2) is 0 Å². The van der Waals surface area contributed by atoms with E-state index in [1.807, 2.05) is 0 Å². The molecule has 0 aliphatic carbocycles. The Bertz CT molecular complexity index is 826. The lowest BCUT2D eigenvalue weighted by Gasteiger charge is -2.29. The largest absolute Gasteiger partial charge is 0.380 e. The standard InChI is InChI=1S/C28H42N2O4/c1-21(31-4)16-29(17-22(2)32-5)26-11-7-24(8-12-26)15-25-9-13-27(14-10-25)30(18-23(3)33-6)19-28-20-34-28/h7-14,21-23,28H,15-20H2,1-6H3. The Labute approximate surface area is 205 Å². The zero-order chi connectivity index (χ0) is 24.5. The van der Waals surface area contributed by atoms with Crippen LogP contribution in [0.1, 0.15) is 31.9 Å². The minimum Gasteiger partial charge on any atom is -0.380 e. The van der Waals surface area contributed by atoms with Crippen molar-refractivity contribution in [2.24, 2.45) is 0 Å². The van der Waals surface area contributed by atoms with Crippen LogP contribution in [-0.2, 0) is 25.4 Å². The Morgan fingerprint density at radius 3 is 1.47 bits per heavy atom. The molecule has 1 fully saturated rings. The molecule has 1 saturated heterocycles. The van der Waals surface area contributed by atoms with Gasteiger partial charge in [0.25, 0.3) is 0 Å². The van der Waals surface area contributed by atoms with Crippen molar-refractivity contribution in [2.45, 2.75) is 51.6 Å². The minimum atomic E-state index is 0.153. The van der Waals surface area contributed by atoms with Gasteiger partial charge in [-0.05, 0) is 62.6 Å². The average Bonchev–Trinajstić information content (AvgIpc) is 3.68. The van der Waals surface area contributed by atoms with Gasteiger partial charge in [0.2, 0.25) is 0 Å². The van der Waals surface area contributed by atoms with E-state index in [1.54, 1.807) is 21.3 Å². The Balaban J connectivity index is 1.64. The Hall–Kier alpha value is -2.12. The van der Waals surface area contributed by atoms with Crippen LogP contribution in [0.4, 0.5) is 11.4 Å². The highest BCUT2D eigenvalue weighted by Crippen LogP contribution is 2.23. The van der Waals surface area contributed by atoms with E-state index in [4.69, 9.17) is 18.9 Å². The van der Waals surface area contributed by atoms with Gasteiger partial charge in [0, 0.05) is 58.9 Å². The Morgan fingerprint density at radius 1 is 0.706 bits per heavy atom. The molecule has 6 nitrogen and oxygen atoms in total. The summed E-state index contributed by atoms with van der Waals surface area (Å²) in [6.07, 6.45) is 1.74. The molecule has 0 bridgehead atoms. The van der Waals surface area contributed by atoms with E-state index in [1.165, 1.54) is 22.5 Å². The number of hydrogen-bond donors (Lipinski definition) is 0. The first-order valence-corrected chi connectivity index (χ1v) is 12.3. The number of epoxide rings is 1. The predicted molar refractivity (Wildman–Crippen MR) is 139 cm³/mol. The van der Waals surface area contributed by atoms with Gasteiger partial charge >= 0.3 is 0 Å². The van der Waals surface area contributed by atoms with E-state index < -0.39 is 0 Å². The van der Waals surface area contributed by atoms with Crippen molar-refractivity contribution >= 4 is 11.4 Å². The van der Waals surface area contributed by atoms with E-state index in [0.717, 1.165) is 39.2 Å². The number of anilines is 2. The first-order valence-electron chi connectivity index (χ1n) is 12.3. The summed E-state index contributed by atoms with van der Waals surface area (Å²) in [5.41, 5.74) is 5.01. The van der Waals surface area contributed by atoms with Crippen LogP contribution < -0.4 is 9.80 Å². The van der Waals surface area contributed by atoms with Crippen molar-refractivity contribution < 1.29 is 18.9 Å². The number of nitrogens with zero attached hydrogens (tertiary/aromatic N) is 2. The van der Waals surface area contributed by atoms with E-state index in [9.17, 15) is 0 Å². The zero-order valence-corrected chi connectivity index (χ0v) is 21.7. The van der Waals surface area contributed by atoms with Crippen molar-refractivity contribution in [1.29, 1.82) is 0 Å². The lowest BCUT2D eigenvalue weighted by atomic mass is 10.0. The highest BCUT2D eigenvalue weighted by molar-refractivity contribution is 5.50. The van der Waals surface area contributed by atoms with Crippen molar-refractivity contribution in [2.75, 3.05) is 63.9 Å². The van der Waals surface area contributed by atoms with Gasteiger partial charge in [0.05, 0.1) is 31.0 Å². The fourth-order valence-corrected chi connectivity index (χ4v) is 4.03. The number of benzene rings is 2. The number of ether oxygens (including phenoxy) is 4. The van der Waals surface area contributed by atoms with Crippen LogP contribution in [0, 0.1) is 0 Å². The summed E-state index contributed by atoms with van der Waals surface area (Å²) >= 11 is 0. The van der Waals surface area contributed by atoms with Crippen LogP contribution >= 0.6 is 0 Å². The molecule has 0 aromatic heterocycles. The Morgan fingerprint density at radius 2 is 1.09 bits per heavy atom. The van der Waals surface area contributed by atoms with Crippen molar-refractivity contribution in [1.82, 2.24) is 0 Å². The second-order valence-corrected chi connectivity index (χ2v) is 9.41. The predicted octanol–water partition coefficient (Wildman–Crippen LogP) is 4.39. The number of methoxy groups -OCH3 is 3. The highest BCUT2D eigenvalue weighted by Gasteiger charge is 2.26. The smallest absolute Gasteiger partial charge is 0.0984 e. The molecule has 1 aliphatic heterocycles. The molecule has 2 aromatic carbocycles. The minimum absolute atomic E-state index is 0.153. The molecular formula is C28H42N2O4. The third-order valence-electron chi connectivity index (χ3n) is 6.48. The maximum atomic E-state index is 5.50. The molecule has 0 amide bonds. The molecule has 0 saturated carbocycles. The van der Waals surface area contributed by atoms with E-state index >= 15 is 0 Å². The lowest BCUT2D eigenvalue weighted by molar-refractivity contribution is 0.106. The topological polar surface area (TPSA) is 46.7 Å². The zero-order valence-electron chi connectivity index (χ0n) is 21.7. The van der Waals surface area contributed by atoms with E-state index in [2.05, 4.69) is 79.1 Å². The molecule has 1 heterocycles. The second kappa shape index (κ2) is 13.1.